The highest BCUT2D eigenvalue weighted by atomic mass is 16.2. The summed E-state index contributed by atoms with van der Waals surface area (Å²) in [5, 5.41) is 7.32. The molecule has 29 heavy (non-hydrogen) atoms. The maximum absolute atomic E-state index is 12.5. The Morgan fingerprint density at radius 1 is 0.931 bits per heavy atom. The predicted octanol–water partition coefficient (Wildman–Crippen LogP) is 4.22. The molecule has 0 saturated carbocycles. The van der Waals surface area contributed by atoms with E-state index in [2.05, 4.69) is 10.4 Å². The highest BCUT2D eigenvalue weighted by molar-refractivity contribution is 6.04. The summed E-state index contributed by atoms with van der Waals surface area (Å²) in [6.07, 6.45) is 0. The summed E-state index contributed by atoms with van der Waals surface area (Å²) in [5.41, 5.74) is 4.71. The van der Waals surface area contributed by atoms with E-state index >= 15 is 0 Å². The number of rotatable bonds is 6. The second kappa shape index (κ2) is 8.73. The van der Waals surface area contributed by atoms with Crippen LogP contribution in [0.4, 0.5) is 5.69 Å². The van der Waals surface area contributed by atoms with Crippen LogP contribution in [0.5, 0.6) is 0 Å². The van der Waals surface area contributed by atoms with Crippen LogP contribution in [-0.2, 0) is 0 Å². The summed E-state index contributed by atoms with van der Waals surface area (Å²) < 4.78 is 1.85. The van der Waals surface area contributed by atoms with E-state index in [9.17, 15) is 9.59 Å². The molecule has 0 atom stereocenters. The van der Waals surface area contributed by atoms with Crippen LogP contribution in [0.2, 0.25) is 0 Å². The van der Waals surface area contributed by atoms with Crippen molar-refractivity contribution in [2.45, 2.75) is 27.7 Å². The van der Waals surface area contributed by atoms with Gasteiger partial charge in [0.15, 0.2) is 0 Å². The van der Waals surface area contributed by atoms with Gasteiger partial charge in [-0.05, 0) is 82.3 Å². The molecule has 6 nitrogen and oxygen atoms in total. The largest absolute Gasteiger partial charge is 0.339 e. The minimum absolute atomic E-state index is 0.00684. The number of carbonyl (C=O) groups is 2. The van der Waals surface area contributed by atoms with Gasteiger partial charge in [0.05, 0.1) is 11.4 Å². The molecule has 0 aliphatic heterocycles. The fourth-order valence-electron chi connectivity index (χ4n) is 3.24. The van der Waals surface area contributed by atoms with Crippen molar-refractivity contribution >= 4 is 17.5 Å². The Morgan fingerprint density at radius 2 is 1.52 bits per heavy atom. The van der Waals surface area contributed by atoms with Gasteiger partial charge >= 0.3 is 0 Å². The van der Waals surface area contributed by atoms with Crippen molar-refractivity contribution in [1.82, 2.24) is 14.7 Å². The van der Waals surface area contributed by atoms with Crippen molar-refractivity contribution < 1.29 is 9.59 Å². The molecule has 0 bridgehead atoms. The topological polar surface area (TPSA) is 67.2 Å². The second-order valence-corrected chi connectivity index (χ2v) is 6.89. The van der Waals surface area contributed by atoms with Crippen LogP contribution in [0, 0.1) is 13.8 Å². The van der Waals surface area contributed by atoms with Crippen LogP contribution in [0.25, 0.3) is 5.69 Å². The van der Waals surface area contributed by atoms with Crippen molar-refractivity contribution in [1.29, 1.82) is 0 Å². The fourth-order valence-corrected chi connectivity index (χ4v) is 3.24. The van der Waals surface area contributed by atoms with Gasteiger partial charge in [0.1, 0.15) is 0 Å². The van der Waals surface area contributed by atoms with E-state index in [1.807, 2.05) is 50.6 Å². The molecule has 0 aliphatic carbocycles. The third-order valence-corrected chi connectivity index (χ3v) is 4.82. The Bertz CT molecular complexity index is 1000. The van der Waals surface area contributed by atoms with Gasteiger partial charge < -0.3 is 10.2 Å². The van der Waals surface area contributed by atoms with Crippen LogP contribution < -0.4 is 5.32 Å². The van der Waals surface area contributed by atoms with Gasteiger partial charge in [-0.3, -0.25) is 9.59 Å². The molecule has 2 aromatic carbocycles. The Morgan fingerprint density at radius 3 is 2.03 bits per heavy atom. The number of anilines is 1. The molecule has 6 heteroatoms. The first kappa shape index (κ1) is 20.3. The van der Waals surface area contributed by atoms with E-state index in [0.717, 1.165) is 17.1 Å². The quantitative estimate of drug-likeness (QED) is 0.685. The third kappa shape index (κ3) is 4.54. The van der Waals surface area contributed by atoms with Crippen molar-refractivity contribution in [3.05, 3.63) is 77.1 Å². The third-order valence-electron chi connectivity index (χ3n) is 4.82. The van der Waals surface area contributed by atoms with Crippen LogP contribution in [0.3, 0.4) is 0 Å². The molecule has 0 aliphatic rings. The van der Waals surface area contributed by atoms with Crippen molar-refractivity contribution in [2.24, 2.45) is 0 Å². The standard InChI is InChI=1S/C23H26N4O2/c1-5-26(6-2)23(29)19-7-11-20(12-8-19)24-22(28)18-9-13-21(14-10-18)27-17(4)15-16(3)25-27/h7-15H,5-6H2,1-4H3,(H,24,28). The van der Waals surface area contributed by atoms with E-state index in [0.29, 0.717) is 29.9 Å². The number of carbonyl (C=O) groups excluding carboxylic acids is 2. The van der Waals surface area contributed by atoms with Crippen LogP contribution in [0.1, 0.15) is 46.0 Å². The average molecular weight is 390 g/mol. The number of nitrogens with one attached hydrogen (secondary N) is 1. The summed E-state index contributed by atoms with van der Waals surface area (Å²) in [5.74, 6) is -0.208. The molecule has 3 aromatic rings. The molecule has 150 valence electrons. The fraction of sp³-hybridized carbons (Fsp3) is 0.261. The van der Waals surface area contributed by atoms with Gasteiger partial charge in [-0.25, -0.2) is 4.68 Å². The summed E-state index contributed by atoms with van der Waals surface area (Å²) in [4.78, 5) is 26.7. The Labute approximate surface area is 171 Å². The van der Waals surface area contributed by atoms with Crippen LogP contribution in [0.15, 0.2) is 54.6 Å². The summed E-state index contributed by atoms with van der Waals surface area (Å²) >= 11 is 0. The van der Waals surface area contributed by atoms with Crippen molar-refractivity contribution in [3.8, 4) is 5.69 Å². The Kier molecular flexibility index (Phi) is 6.12. The molecule has 1 heterocycles. The number of aryl methyl sites for hydroxylation is 2. The number of aromatic nitrogens is 2. The van der Waals surface area contributed by atoms with Gasteiger partial charge in [-0.15, -0.1) is 0 Å². The molecule has 3 rings (SSSR count). The molecular formula is C23H26N4O2. The molecule has 0 spiro atoms. The lowest BCUT2D eigenvalue weighted by Gasteiger charge is -2.18. The first-order chi connectivity index (χ1) is 13.9. The molecule has 1 N–H and O–H groups in total. The summed E-state index contributed by atoms with van der Waals surface area (Å²) in [7, 11) is 0. The summed E-state index contributed by atoms with van der Waals surface area (Å²) in [6.45, 7) is 9.19. The van der Waals surface area contributed by atoms with E-state index < -0.39 is 0 Å². The number of nitrogens with zero attached hydrogens (tertiary/aromatic N) is 3. The molecule has 0 unspecified atom stereocenters. The van der Waals surface area contributed by atoms with Gasteiger partial charge in [0.25, 0.3) is 11.8 Å². The zero-order valence-electron chi connectivity index (χ0n) is 17.3. The van der Waals surface area contributed by atoms with E-state index in [4.69, 9.17) is 0 Å². The smallest absolute Gasteiger partial charge is 0.255 e. The molecular weight excluding hydrogens is 364 g/mol. The first-order valence-corrected chi connectivity index (χ1v) is 9.77. The average Bonchev–Trinajstić information content (AvgIpc) is 3.07. The Balaban J connectivity index is 1.68. The maximum Gasteiger partial charge on any atom is 0.255 e. The van der Waals surface area contributed by atoms with Gasteiger partial charge in [0.2, 0.25) is 0 Å². The zero-order chi connectivity index (χ0) is 21.0. The number of hydrogen-bond acceptors (Lipinski definition) is 3. The number of amides is 2. The van der Waals surface area contributed by atoms with Gasteiger partial charge in [0, 0.05) is 35.6 Å². The SMILES string of the molecule is CCN(CC)C(=O)c1ccc(NC(=O)c2ccc(-n3nc(C)cc3C)cc2)cc1. The molecule has 0 saturated heterocycles. The number of benzene rings is 2. The summed E-state index contributed by atoms with van der Waals surface area (Å²) in [6, 6.07) is 16.3. The molecule has 1 aromatic heterocycles. The molecule has 0 radical (unpaired) electrons. The zero-order valence-corrected chi connectivity index (χ0v) is 17.3. The maximum atomic E-state index is 12.5. The number of hydrogen-bond donors (Lipinski definition) is 1. The van der Waals surface area contributed by atoms with Crippen LogP contribution in [-0.4, -0.2) is 39.6 Å². The molecule has 2 amide bonds. The predicted molar refractivity (Wildman–Crippen MR) is 115 cm³/mol. The highest BCUT2D eigenvalue weighted by Crippen LogP contribution is 2.16. The second-order valence-electron chi connectivity index (χ2n) is 6.89. The van der Waals surface area contributed by atoms with E-state index in [1.54, 1.807) is 41.3 Å². The van der Waals surface area contributed by atoms with Crippen molar-refractivity contribution in [2.75, 3.05) is 18.4 Å². The van der Waals surface area contributed by atoms with Crippen LogP contribution >= 0.6 is 0 Å². The lowest BCUT2D eigenvalue weighted by molar-refractivity contribution is 0.0773. The monoisotopic (exact) mass is 390 g/mol. The lowest BCUT2D eigenvalue weighted by atomic mass is 10.1. The highest BCUT2D eigenvalue weighted by Gasteiger charge is 2.13. The minimum atomic E-state index is -0.201. The minimum Gasteiger partial charge on any atom is -0.339 e. The van der Waals surface area contributed by atoms with E-state index in [1.165, 1.54) is 0 Å². The van der Waals surface area contributed by atoms with Gasteiger partial charge in [-0.1, -0.05) is 0 Å². The Hall–Kier alpha value is -3.41. The normalized spacial score (nSPS) is 10.6. The van der Waals surface area contributed by atoms with E-state index in [-0.39, 0.29) is 11.8 Å². The van der Waals surface area contributed by atoms with Crippen molar-refractivity contribution in [3.63, 3.8) is 0 Å². The molecule has 0 fully saturated rings. The first-order valence-electron chi connectivity index (χ1n) is 9.77. The van der Waals surface area contributed by atoms with Gasteiger partial charge in [-0.2, -0.15) is 5.10 Å². The lowest BCUT2D eigenvalue weighted by Crippen LogP contribution is -2.30.